The summed E-state index contributed by atoms with van der Waals surface area (Å²) < 4.78 is 0. The summed E-state index contributed by atoms with van der Waals surface area (Å²) in [4.78, 5) is 19.2. The summed E-state index contributed by atoms with van der Waals surface area (Å²) in [5.41, 5.74) is 0.514. The molecular formula is C10H8N2O. The van der Waals surface area contributed by atoms with Crippen LogP contribution in [0.1, 0.15) is 17.4 Å². The molecule has 64 valence electrons. The van der Waals surface area contributed by atoms with Gasteiger partial charge in [-0.3, -0.25) is 14.8 Å². The Labute approximate surface area is 75.4 Å². The van der Waals surface area contributed by atoms with Gasteiger partial charge >= 0.3 is 0 Å². The average Bonchev–Trinajstić information content (AvgIpc) is 2.17. The zero-order chi connectivity index (χ0) is 9.26. The minimum Gasteiger partial charge on any atom is -0.293 e. The van der Waals surface area contributed by atoms with Crippen molar-refractivity contribution in [2.24, 2.45) is 0 Å². The number of rotatable bonds is 1. The van der Waals surface area contributed by atoms with Crippen molar-refractivity contribution in [1.29, 1.82) is 0 Å². The molecule has 3 heteroatoms. The van der Waals surface area contributed by atoms with E-state index in [0.29, 0.717) is 5.69 Å². The Bertz CT molecular complexity index is 460. The Morgan fingerprint density at radius 2 is 2.15 bits per heavy atom. The molecule has 0 fully saturated rings. The Balaban J connectivity index is 2.83. The van der Waals surface area contributed by atoms with Gasteiger partial charge in [0.2, 0.25) is 0 Å². The third kappa shape index (κ3) is 1.28. The van der Waals surface area contributed by atoms with E-state index in [1.807, 2.05) is 6.07 Å². The topological polar surface area (TPSA) is 42.9 Å². The van der Waals surface area contributed by atoms with Crippen molar-refractivity contribution >= 4 is 16.6 Å². The van der Waals surface area contributed by atoms with Gasteiger partial charge in [-0.15, -0.1) is 0 Å². The number of carbonyl (C=O) groups excluding carboxylic acids is 1. The number of nitrogens with zero attached hydrogens (tertiary/aromatic N) is 2. The molecule has 13 heavy (non-hydrogen) atoms. The maximum atomic E-state index is 11.2. The van der Waals surface area contributed by atoms with E-state index in [9.17, 15) is 4.79 Å². The normalized spacial score (nSPS) is 10.2. The van der Waals surface area contributed by atoms with Gasteiger partial charge in [-0.05, 0) is 12.1 Å². The fourth-order valence-electron chi connectivity index (χ4n) is 1.30. The van der Waals surface area contributed by atoms with Crippen molar-refractivity contribution in [3.05, 3.63) is 36.4 Å². The summed E-state index contributed by atoms with van der Waals surface area (Å²) in [6, 6.07) is 3.65. The molecule has 2 heterocycles. The first kappa shape index (κ1) is 7.86. The van der Waals surface area contributed by atoms with E-state index < -0.39 is 0 Å². The van der Waals surface area contributed by atoms with Crippen LogP contribution in [0.5, 0.6) is 0 Å². The second-order valence-corrected chi connectivity index (χ2v) is 2.81. The molecule has 0 amide bonds. The molecule has 0 aliphatic heterocycles. The summed E-state index contributed by atoms with van der Waals surface area (Å²) in [6.07, 6.45) is 5.01. The average molecular weight is 172 g/mol. The Hall–Kier alpha value is -1.77. The van der Waals surface area contributed by atoms with Crippen LogP contribution in [0.4, 0.5) is 0 Å². The number of carbonyl (C=O) groups is 1. The number of ketones is 1. The lowest BCUT2D eigenvalue weighted by Gasteiger charge is -1.99. The van der Waals surface area contributed by atoms with E-state index in [1.54, 1.807) is 24.7 Å². The first-order chi connectivity index (χ1) is 6.29. The van der Waals surface area contributed by atoms with E-state index in [-0.39, 0.29) is 5.78 Å². The summed E-state index contributed by atoms with van der Waals surface area (Å²) >= 11 is 0. The zero-order valence-electron chi connectivity index (χ0n) is 7.19. The molecule has 0 radical (unpaired) electrons. The van der Waals surface area contributed by atoms with Crippen molar-refractivity contribution in [3.63, 3.8) is 0 Å². The smallest absolute Gasteiger partial charge is 0.178 e. The van der Waals surface area contributed by atoms with Crippen LogP contribution < -0.4 is 0 Å². The second kappa shape index (κ2) is 2.94. The van der Waals surface area contributed by atoms with Crippen molar-refractivity contribution in [2.45, 2.75) is 6.92 Å². The van der Waals surface area contributed by atoms with E-state index in [1.165, 1.54) is 6.92 Å². The molecule has 2 rings (SSSR count). The fraction of sp³-hybridized carbons (Fsp3) is 0.100. The molecule has 0 aliphatic carbocycles. The lowest BCUT2D eigenvalue weighted by Crippen LogP contribution is -1.97. The van der Waals surface area contributed by atoms with E-state index in [4.69, 9.17) is 0 Å². The molecule has 2 aromatic heterocycles. The summed E-state index contributed by atoms with van der Waals surface area (Å²) in [7, 11) is 0. The molecule has 0 N–H and O–H groups in total. The van der Waals surface area contributed by atoms with Gasteiger partial charge in [-0.1, -0.05) is 0 Å². The predicted molar refractivity (Wildman–Crippen MR) is 49.5 cm³/mol. The molecule has 0 saturated heterocycles. The van der Waals surface area contributed by atoms with Crippen LogP contribution in [0.3, 0.4) is 0 Å². The van der Waals surface area contributed by atoms with Gasteiger partial charge in [0, 0.05) is 36.3 Å². The van der Waals surface area contributed by atoms with Crippen molar-refractivity contribution in [2.75, 3.05) is 0 Å². The molecule has 3 nitrogen and oxygen atoms in total. The maximum absolute atomic E-state index is 11.2. The van der Waals surface area contributed by atoms with Gasteiger partial charge in [0.1, 0.15) is 5.69 Å². The predicted octanol–water partition coefficient (Wildman–Crippen LogP) is 1.83. The molecule has 0 aliphatic rings. The minimum absolute atomic E-state index is 0.0169. The molecule has 0 bridgehead atoms. The molecule has 0 saturated carbocycles. The molecule has 0 aromatic carbocycles. The van der Waals surface area contributed by atoms with Gasteiger partial charge in [0.05, 0.1) is 0 Å². The second-order valence-electron chi connectivity index (χ2n) is 2.81. The largest absolute Gasteiger partial charge is 0.293 e. The van der Waals surface area contributed by atoms with Gasteiger partial charge in [-0.2, -0.15) is 0 Å². The lowest BCUT2D eigenvalue weighted by atomic mass is 10.1. The van der Waals surface area contributed by atoms with Gasteiger partial charge in [0.25, 0.3) is 0 Å². The number of fused-ring (bicyclic) bond motifs is 1. The lowest BCUT2D eigenvalue weighted by molar-refractivity contribution is 0.101. The van der Waals surface area contributed by atoms with Crippen LogP contribution in [0.15, 0.2) is 30.7 Å². The summed E-state index contributed by atoms with van der Waals surface area (Å²) in [5.74, 6) is -0.0169. The fourth-order valence-corrected chi connectivity index (χ4v) is 1.30. The summed E-state index contributed by atoms with van der Waals surface area (Å²) in [6.45, 7) is 1.52. The van der Waals surface area contributed by atoms with Crippen molar-refractivity contribution < 1.29 is 4.79 Å². The SMILES string of the molecule is CC(=O)c1nccc2cnccc12. The summed E-state index contributed by atoms with van der Waals surface area (Å²) in [5, 5.41) is 1.81. The highest BCUT2D eigenvalue weighted by Crippen LogP contribution is 2.14. The monoisotopic (exact) mass is 172 g/mol. The number of pyridine rings is 2. The number of hydrogen-bond donors (Lipinski definition) is 0. The molecule has 0 atom stereocenters. The molecule has 0 spiro atoms. The molecule has 2 aromatic rings. The van der Waals surface area contributed by atoms with Crippen LogP contribution in [-0.4, -0.2) is 15.8 Å². The quantitative estimate of drug-likeness (QED) is 0.616. The van der Waals surface area contributed by atoms with Gasteiger partial charge in [-0.25, -0.2) is 0 Å². The molecule has 0 unspecified atom stereocenters. The maximum Gasteiger partial charge on any atom is 0.178 e. The first-order valence-corrected chi connectivity index (χ1v) is 3.99. The van der Waals surface area contributed by atoms with Crippen LogP contribution in [0, 0.1) is 0 Å². The van der Waals surface area contributed by atoms with Gasteiger partial charge in [0.15, 0.2) is 5.78 Å². The number of Topliss-reactive ketones (excluding diaryl/α,β-unsaturated/α-hetero) is 1. The minimum atomic E-state index is -0.0169. The highest BCUT2D eigenvalue weighted by Gasteiger charge is 2.05. The van der Waals surface area contributed by atoms with Crippen LogP contribution in [-0.2, 0) is 0 Å². The van der Waals surface area contributed by atoms with Gasteiger partial charge < -0.3 is 0 Å². The van der Waals surface area contributed by atoms with Crippen LogP contribution in [0.25, 0.3) is 10.8 Å². The number of hydrogen-bond acceptors (Lipinski definition) is 3. The van der Waals surface area contributed by atoms with Crippen molar-refractivity contribution in [1.82, 2.24) is 9.97 Å². The van der Waals surface area contributed by atoms with E-state index in [0.717, 1.165) is 10.8 Å². The zero-order valence-corrected chi connectivity index (χ0v) is 7.19. The van der Waals surface area contributed by atoms with Crippen LogP contribution in [0.2, 0.25) is 0 Å². The van der Waals surface area contributed by atoms with Crippen LogP contribution >= 0.6 is 0 Å². The highest BCUT2D eigenvalue weighted by molar-refractivity contribution is 6.04. The highest BCUT2D eigenvalue weighted by atomic mass is 16.1. The standard InChI is InChI=1S/C10H8N2O/c1-7(13)10-9-3-4-11-6-8(9)2-5-12-10/h2-6H,1H3. The molecular weight excluding hydrogens is 164 g/mol. The van der Waals surface area contributed by atoms with E-state index in [2.05, 4.69) is 9.97 Å². The first-order valence-electron chi connectivity index (χ1n) is 3.99. The third-order valence-electron chi connectivity index (χ3n) is 1.90. The van der Waals surface area contributed by atoms with E-state index >= 15 is 0 Å². The van der Waals surface area contributed by atoms with Crippen molar-refractivity contribution in [3.8, 4) is 0 Å². The Kier molecular flexibility index (Phi) is 1.77. The third-order valence-corrected chi connectivity index (χ3v) is 1.90. The number of aromatic nitrogens is 2. The Morgan fingerprint density at radius 1 is 1.31 bits per heavy atom. The Morgan fingerprint density at radius 3 is 2.92 bits per heavy atom.